The van der Waals surface area contributed by atoms with Crippen LogP contribution in [0.3, 0.4) is 0 Å². The molecule has 0 unspecified atom stereocenters. The normalized spacial score (nSPS) is 11.9. The standard InChI is InChI=1S/C22H22FN3Si/c1-27(2,3)15-26-19-5-4-12-25-21(19)20(16-6-8-18(23)9-7-16)22(26)17-10-13-24-14-11-17/h4-14H,15H2,1-3H3. The maximum atomic E-state index is 13.5. The molecule has 0 N–H and O–H groups in total. The Morgan fingerprint density at radius 2 is 1.59 bits per heavy atom. The quantitative estimate of drug-likeness (QED) is 0.423. The SMILES string of the molecule is C[Si](C)(C)Cn1c(-c2ccncc2)c(-c2ccc(F)cc2)c2ncccc21. The van der Waals surface area contributed by atoms with Crippen molar-refractivity contribution in [2.45, 2.75) is 25.8 Å². The topological polar surface area (TPSA) is 30.7 Å². The summed E-state index contributed by atoms with van der Waals surface area (Å²) >= 11 is 0. The Balaban J connectivity index is 2.10. The highest BCUT2D eigenvalue weighted by Gasteiger charge is 2.24. The summed E-state index contributed by atoms with van der Waals surface area (Å²) in [5.41, 5.74) is 6.32. The Morgan fingerprint density at radius 1 is 0.889 bits per heavy atom. The number of hydrogen-bond donors (Lipinski definition) is 0. The van der Waals surface area contributed by atoms with Gasteiger partial charge in [0.05, 0.1) is 24.8 Å². The highest BCUT2D eigenvalue weighted by molar-refractivity contribution is 6.75. The largest absolute Gasteiger partial charge is 0.342 e. The van der Waals surface area contributed by atoms with Crippen molar-refractivity contribution in [1.82, 2.24) is 14.5 Å². The van der Waals surface area contributed by atoms with Gasteiger partial charge in [-0.2, -0.15) is 0 Å². The van der Waals surface area contributed by atoms with Crippen LogP contribution in [-0.2, 0) is 6.17 Å². The molecule has 4 aromatic rings. The fourth-order valence-electron chi connectivity index (χ4n) is 3.51. The number of halogens is 1. The summed E-state index contributed by atoms with van der Waals surface area (Å²) in [7, 11) is -1.42. The second-order valence-corrected chi connectivity index (χ2v) is 13.4. The molecule has 0 aliphatic carbocycles. The molecule has 0 amide bonds. The monoisotopic (exact) mass is 375 g/mol. The highest BCUT2D eigenvalue weighted by atomic mass is 28.3. The smallest absolute Gasteiger partial charge is 0.123 e. The molecule has 3 nitrogen and oxygen atoms in total. The second-order valence-electron chi connectivity index (χ2n) is 7.98. The predicted molar refractivity (Wildman–Crippen MR) is 112 cm³/mol. The van der Waals surface area contributed by atoms with Crippen molar-refractivity contribution in [3.8, 4) is 22.4 Å². The van der Waals surface area contributed by atoms with Crippen LogP contribution in [0.2, 0.25) is 19.6 Å². The number of rotatable bonds is 4. The molecule has 0 radical (unpaired) electrons. The van der Waals surface area contributed by atoms with Crippen LogP contribution in [0, 0.1) is 5.82 Å². The van der Waals surface area contributed by atoms with Gasteiger partial charge in [-0.3, -0.25) is 9.97 Å². The maximum absolute atomic E-state index is 13.5. The van der Waals surface area contributed by atoms with Crippen LogP contribution in [0.1, 0.15) is 0 Å². The minimum absolute atomic E-state index is 0.233. The summed E-state index contributed by atoms with van der Waals surface area (Å²) in [6.07, 6.45) is 6.43. The molecule has 0 spiro atoms. The zero-order valence-electron chi connectivity index (χ0n) is 15.8. The van der Waals surface area contributed by atoms with Crippen molar-refractivity contribution in [3.63, 3.8) is 0 Å². The lowest BCUT2D eigenvalue weighted by Crippen LogP contribution is -2.28. The lowest BCUT2D eigenvalue weighted by Gasteiger charge is -2.21. The van der Waals surface area contributed by atoms with Gasteiger partial charge in [0, 0.05) is 35.9 Å². The van der Waals surface area contributed by atoms with Crippen LogP contribution < -0.4 is 0 Å². The molecule has 3 aromatic heterocycles. The summed E-state index contributed by atoms with van der Waals surface area (Å²) in [4.78, 5) is 8.88. The van der Waals surface area contributed by atoms with Crippen molar-refractivity contribution in [2.75, 3.05) is 0 Å². The number of benzene rings is 1. The van der Waals surface area contributed by atoms with Gasteiger partial charge in [0.2, 0.25) is 0 Å². The molecule has 3 heterocycles. The molecular formula is C22H22FN3Si. The van der Waals surface area contributed by atoms with E-state index >= 15 is 0 Å². The number of nitrogens with zero attached hydrogens (tertiary/aromatic N) is 3. The first-order chi connectivity index (χ1) is 12.9. The minimum Gasteiger partial charge on any atom is -0.342 e. The number of hydrogen-bond acceptors (Lipinski definition) is 2. The minimum atomic E-state index is -1.42. The van der Waals surface area contributed by atoms with Gasteiger partial charge in [-0.15, -0.1) is 0 Å². The zero-order chi connectivity index (χ0) is 19.0. The van der Waals surface area contributed by atoms with E-state index in [0.717, 1.165) is 39.6 Å². The van der Waals surface area contributed by atoms with E-state index in [1.165, 1.54) is 12.1 Å². The molecule has 0 aliphatic rings. The Hall–Kier alpha value is -2.79. The Morgan fingerprint density at radius 3 is 2.26 bits per heavy atom. The maximum Gasteiger partial charge on any atom is 0.123 e. The average molecular weight is 376 g/mol. The van der Waals surface area contributed by atoms with Gasteiger partial charge in [0.1, 0.15) is 5.82 Å². The first-order valence-corrected chi connectivity index (χ1v) is 12.8. The van der Waals surface area contributed by atoms with Crippen molar-refractivity contribution in [1.29, 1.82) is 0 Å². The molecule has 0 atom stereocenters. The molecule has 0 saturated heterocycles. The number of pyridine rings is 2. The molecule has 27 heavy (non-hydrogen) atoms. The Kier molecular flexibility index (Phi) is 4.40. The van der Waals surface area contributed by atoms with Gasteiger partial charge < -0.3 is 4.57 Å². The van der Waals surface area contributed by atoms with E-state index in [1.807, 2.05) is 48.9 Å². The third-order valence-corrected chi connectivity index (χ3v) is 5.80. The molecule has 0 bridgehead atoms. The predicted octanol–water partition coefficient (Wildman–Crippen LogP) is 5.78. The third kappa shape index (κ3) is 3.42. The molecule has 0 saturated carbocycles. The van der Waals surface area contributed by atoms with E-state index in [2.05, 4.69) is 35.3 Å². The Bertz CT molecular complexity index is 1080. The molecule has 136 valence electrons. The fraction of sp³-hybridized carbons (Fsp3) is 0.182. The average Bonchev–Trinajstić information content (AvgIpc) is 2.96. The second kappa shape index (κ2) is 6.74. The molecule has 5 heteroatoms. The van der Waals surface area contributed by atoms with E-state index < -0.39 is 8.07 Å². The van der Waals surface area contributed by atoms with E-state index in [9.17, 15) is 4.39 Å². The molecule has 0 fully saturated rings. The first-order valence-electron chi connectivity index (χ1n) is 9.07. The highest BCUT2D eigenvalue weighted by Crippen LogP contribution is 2.40. The van der Waals surface area contributed by atoms with Crippen molar-refractivity contribution in [2.24, 2.45) is 0 Å². The Labute approximate surface area is 159 Å². The summed E-state index contributed by atoms with van der Waals surface area (Å²) < 4.78 is 15.9. The van der Waals surface area contributed by atoms with Gasteiger partial charge in [-0.25, -0.2) is 4.39 Å². The van der Waals surface area contributed by atoms with Crippen molar-refractivity contribution < 1.29 is 4.39 Å². The van der Waals surface area contributed by atoms with Crippen LogP contribution in [0.15, 0.2) is 67.1 Å². The van der Waals surface area contributed by atoms with Crippen LogP contribution in [0.5, 0.6) is 0 Å². The molecule has 4 rings (SSSR count). The number of fused-ring (bicyclic) bond motifs is 1. The van der Waals surface area contributed by atoms with Gasteiger partial charge in [-0.1, -0.05) is 31.8 Å². The van der Waals surface area contributed by atoms with Crippen LogP contribution in [0.25, 0.3) is 33.4 Å². The van der Waals surface area contributed by atoms with Gasteiger partial charge in [0.25, 0.3) is 0 Å². The van der Waals surface area contributed by atoms with E-state index in [1.54, 1.807) is 0 Å². The van der Waals surface area contributed by atoms with Crippen molar-refractivity contribution >= 4 is 19.1 Å². The summed E-state index contributed by atoms with van der Waals surface area (Å²) in [6.45, 7) is 7.09. The van der Waals surface area contributed by atoms with Crippen molar-refractivity contribution in [3.05, 3.63) is 72.9 Å². The lowest BCUT2D eigenvalue weighted by atomic mass is 10.0. The van der Waals surface area contributed by atoms with Gasteiger partial charge in [-0.05, 0) is 42.0 Å². The summed E-state index contributed by atoms with van der Waals surface area (Å²) in [5, 5.41) is 0. The van der Waals surface area contributed by atoms with Gasteiger partial charge >= 0.3 is 0 Å². The van der Waals surface area contributed by atoms with Crippen LogP contribution in [-0.4, -0.2) is 22.6 Å². The first kappa shape index (κ1) is 17.6. The van der Waals surface area contributed by atoms with Crippen LogP contribution in [0.4, 0.5) is 4.39 Å². The molecular weight excluding hydrogens is 353 g/mol. The van der Waals surface area contributed by atoms with E-state index in [0.29, 0.717) is 0 Å². The lowest BCUT2D eigenvalue weighted by molar-refractivity contribution is 0.628. The summed E-state index contributed by atoms with van der Waals surface area (Å²) in [5.74, 6) is -0.233. The van der Waals surface area contributed by atoms with Gasteiger partial charge in [0.15, 0.2) is 0 Å². The van der Waals surface area contributed by atoms with E-state index in [4.69, 9.17) is 4.98 Å². The zero-order valence-corrected chi connectivity index (χ0v) is 16.8. The summed E-state index contributed by atoms with van der Waals surface area (Å²) in [6, 6.07) is 14.9. The fourth-order valence-corrected chi connectivity index (χ4v) is 4.79. The third-order valence-electron chi connectivity index (χ3n) is 4.54. The number of aromatic nitrogens is 3. The molecule has 0 aliphatic heterocycles. The van der Waals surface area contributed by atoms with E-state index in [-0.39, 0.29) is 5.82 Å². The molecule has 1 aromatic carbocycles. The van der Waals surface area contributed by atoms with Crippen LogP contribution >= 0.6 is 0 Å².